The first kappa shape index (κ1) is 25.8. The molecule has 0 atom stereocenters. The van der Waals surface area contributed by atoms with Gasteiger partial charge >= 0.3 is 0 Å². The minimum atomic E-state index is 0.808. The Morgan fingerprint density at radius 2 is 0.841 bits per heavy atom. The van der Waals surface area contributed by atoms with Crippen LogP contribution in [0, 0.1) is 0 Å². The standard InChI is InChI=1S/C41H28N2O/c1-3-8-29(9-4-1)31-13-20-35(21-14-31)43(36-22-15-32(16-23-36)30-10-5-2-6-11-30)37-24-17-33(18-25-37)34-19-26-39-38(28-34)41-40(44-39)12-7-27-42-41/h1-28H. The van der Waals surface area contributed by atoms with Gasteiger partial charge in [0.25, 0.3) is 0 Å². The second-order valence-electron chi connectivity index (χ2n) is 10.9. The number of hydrogen-bond acceptors (Lipinski definition) is 3. The molecule has 208 valence electrons. The number of aromatic nitrogens is 1. The van der Waals surface area contributed by atoms with Gasteiger partial charge in [-0.05, 0) is 94.0 Å². The van der Waals surface area contributed by atoms with Crippen molar-refractivity contribution in [2.75, 3.05) is 4.90 Å². The van der Waals surface area contributed by atoms with E-state index in [4.69, 9.17) is 4.42 Å². The second-order valence-corrected chi connectivity index (χ2v) is 10.9. The van der Waals surface area contributed by atoms with Crippen LogP contribution in [-0.2, 0) is 0 Å². The maximum atomic E-state index is 6.00. The number of nitrogens with zero attached hydrogens (tertiary/aromatic N) is 2. The fourth-order valence-electron chi connectivity index (χ4n) is 5.89. The summed E-state index contributed by atoms with van der Waals surface area (Å²) in [6.07, 6.45) is 1.81. The maximum absolute atomic E-state index is 6.00. The molecule has 2 heterocycles. The topological polar surface area (TPSA) is 29.3 Å². The predicted molar refractivity (Wildman–Crippen MR) is 183 cm³/mol. The highest BCUT2D eigenvalue weighted by Crippen LogP contribution is 2.38. The number of furan rings is 1. The van der Waals surface area contributed by atoms with Crippen LogP contribution >= 0.6 is 0 Å². The van der Waals surface area contributed by atoms with E-state index in [0.29, 0.717) is 0 Å². The molecule has 0 radical (unpaired) electrons. The largest absolute Gasteiger partial charge is 0.454 e. The monoisotopic (exact) mass is 564 g/mol. The van der Waals surface area contributed by atoms with Crippen molar-refractivity contribution in [1.82, 2.24) is 4.98 Å². The van der Waals surface area contributed by atoms with Gasteiger partial charge in [-0.3, -0.25) is 4.98 Å². The summed E-state index contributed by atoms with van der Waals surface area (Å²) in [7, 11) is 0. The smallest absolute Gasteiger partial charge is 0.153 e. The zero-order chi connectivity index (χ0) is 29.3. The third kappa shape index (κ3) is 4.81. The highest BCUT2D eigenvalue weighted by Gasteiger charge is 2.15. The summed E-state index contributed by atoms with van der Waals surface area (Å²) >= 11 is 0. The van der Waals surface area contributed by atoms with Crippen LogP contribution in [0.3, 0.4) is 0 Å². The Bertz CT molecular complexity index is 2100. The zero-order valence-corrected chi connectivity index (χ0v) is 24.0. The van der Waals surface area contributed by atoms with Crippen molar-refractivity contribution < 1.29 is 4.42 Å². The van der Waals surface area contributed by atoms with Crippen molar-refractivity contribution in [2.24, 2.45) is 0 Å². The normalized spacial score (nSPS) is 11.2. The van der Waals surface area contributed by atoms with Crippen LogP contribution in [-0.4, -0.2) is 4.98 Å². The molecule has 0 aliphatic rings. The van der Waals surface area contributed by atoms with Gasteiger partial charge in [0, 0.05) is 28.6 Å². The van der Waals surface area contributed by atoms with Crippen LogP contribution in [0.15, 0.2) is 174 Å². The van der Waals surface area contributed by atoms with E-state index in [9.17, 15) is 0 Å². The minimum absolute atomic E-state index is 0.808. The second kappa shape index (κ2) is 11.0. The molecule has 8 aromatic rings. The van der Waals surface area contributed by atoms with Gasteiger partial charge in [0.15, 0.2) is 5.58 Å². The molecule has 0 aliphatic carbocycles. The molecule has 0 saturated carbocycles. The molecule has 0 amide bonds. The van der Waals surface area contributed by atoms with Crippen molar-refractivity contribution in [1.29, 1.82) is 0 Å². The lowest BCUT2D eigenvalue weighted by Crippen LogP contribution is -2.09. The number of hydrogen-bond donors (Lipinski definition) is 0. The van der Waals surface area contributed by atoms with Gasteiger partial charge in [0.1, 0.15) is 11.1 Å². The molecular formula is C41H28N2O. The molecule has 0 N–H and O–H groups in total. The van der Waals surface area contributed by atoms with E-state index in [1.807, 2.05) is 24.4 Å². The molecule has 6 aromatic carbocycles. The molecule has 44 heavy (non-hydrogen) atoms. The van der Waals surface area contributed by atoms with Crippen molar-refractivity contribution in [3.8, 4) is 33.4 Å². The summed E-state index contributed by atoms with van der Waals surface area (Å²) in [4.78, 5) is 6.87. The lowest BCUT2D eigenvalue weighted by molar-refractivity contribution is 0.668. The zero-order valence-electron chi connectivity index (χ0n) is 24.0. The van der Waals surface area contributed by atoms with Crippen LogP contribution in [0.4, 0.5) is 17.1 Å². The van der Waals surface area contributed by atoms with E-state index in [-0.39, 0.29) is 0 Å². The average molecular weight is 565 g/mol. The number of pyridine rings is 1. The third-order valence-corrected chi connectivity index (χ3v) is 8.15. The van der Waals surface area contributed by atoms with E-state index >= 15 is 0 Å². The lowest BCUT2D eigenvalue weighted by Gasteiger charge is -2.26. The first-order valence-corrected chi connectivity index (χ1v) is 14.8. The van der Waals surface area contributed by atoms with Crippen LogP contribution < -0.4 is 4.90 Å². The molecule has 0 fully saturated rings. The van der Waals surface area contributed by atoms with Crippen molar-refractivity contribution in [3.63, 3.8) is 0 Å². The number of rotatable bonds is 6. The van der Waals surface area contributed by atoms with E-state index in [1.54, 1.807) is 0 Å². The van der Waals surface area contributed by atoms with Gasteiger partial charge in [0.2, 0.25) is 0 Å². The minimum Gasteiger partial charge on any atom is -0.454 e. The summed E-state index contributed by atoms with van der Waals surface area (Å²) < 4.78 is 6.00. The first-order chi connectivity index (χ1) is 21.8. The SMILES string of the molecule is c1ccc(-c2ccc(N(c3ccc(-c4ccccc4)cc3)c3ccc(-c4ccc5oc6cccnc6c5c4)cc3)cc2)cc1. The molecule has 0 aliphatic heterocycles. The van der Waals surface area contributed by atoms with E-state index in [2.05, 4.69) is 155 Å². The first-order valence-electron chi connectivity index (χ1n) is 14.8. The lowest BCUT2D eigenvalue weighted by atomic mass is 10.0. The molecule has 0 spiro atoms. The van der Waals surface area contributed by atoms with E-state index < -0.39 is 0 Å². The van der Waals surface area contributed by atoms with E-state index in [0.717, 1.165) is 50.3 Å². The third-order valence-electron chi connectivity index (χ3n) is 8.15. The Hall–Kier alpha value is -5.93. The maximum Gasteiger partial charge on any atom is 0.153 e. The fraction of sp³-hybridized carbons (Fsp3) is 0. The van der Waals surface area contributed by atoms with Crippen molar-refractivity contribution in [2.45, 2.75) is 0 Å². The summed E-state index contributed by atoms with van der Waals surface area (Å²) in [6.45, 7) is 0. The van der Waals surface area contributed by atoms with Gasteiger partial charge < -0.3 is 9.32 Å². The fourth-order valence-corrected chi connectivity index (χ4v) is 5.89. The van der Waals surface area contributed by atoms with Gasteiger partial charge in [-0.2, -0.15) is 0 Å². The molecule has 0 bridgehead atoms. The van der Waals surface area contributed by atoms with Gasteiger partial charge in [-0.25, -0.2) is 0 Å². The molecular weight excluding hydrogens is 536 g/mol. The van der Waals surface area contributed by atoms with Gasteiger partial charge in [-0.15, -0.1) is 0 Å². The average Bonchev–Trinajstić information content (AvgIpc) is 3.48. The predicted octanol–water partition coefficient (Wildman–Crippen LogP) is 11.5. The van der Waals surface area contributed by atoms with Crippen molar-refractivity contribution >= 4 is 39.1 Å². The molecule has 2 aromatic heterocycles. The number of benzene rings is 6. The molecule has 3 heteroatoms. The van der Waals surface area contributed by atoms with Crippen LogP contribution in [0.2, 0.25) is 0 Å². The van der Waals surface area contributed by atoms with Gasteiger partial charge in [0.05, 0.1) is 0 Å². The number of anilines is 3. The quantitative estimate of drug-likeness (QED) is 0.201. The highest BCUT2D eigenvalue weighted by molar-refractivity contribution is 6.03. The summed E-state index contributed by atoms with van der Waals surface area (Å²) in [5, 5.41) is 1.03. The summed E-state index contributed by atoms with van der Waals surface area (Å²) in [5.74, 6) is 0. The van der Waals surface area contributed by atoms with E-state index in [1.165, 1.54) is 22.3 Å². The van der Waals surface area contributed by atoms with Crippen LogP contribution in [0.5, 0.6) is 0 Å². The summed E-state index contributed by atoms with van der Waals surface area (Å²) in [6, 6.07) is 57.6. The molecule has 3 nitrogen and oxygen atoms in total. The molecule has 0 unspecified atom stereocenters. The Morgan fingerprint density at radius 3 is 1.36 bits per heavy atom. The molecule has 8 rings (SSSR count). The number of fused-ring (bicyclic) bond motifs is 3. The Labute approximate surface area is 256 Å². The van der Waals surface area contributed by atoms with Crippen LogP contribution in [0.25, 0.3) is 55.4 Å². The highest BCUT2D eigenvalue weighted by atomic mass is 16.3. The Kier molecular flexibility index (Phi) is 6.47. The van der Waals surface area contributed by atoms with Crippen LogP contribution in [0.1, 0.15) is 0 Å². The van der Waals surface area contributed by atoms with Crippen molar-refractivity contribution in [3.05, 3.63) is 170 Å². The van der Waals surface area contributed by atoms with Gasteiger partial charge in [-0.1, -0.05) is 103 Å². The Morgan fingerprint density at radius 1 is 0.386 bits per heavy atom. The Balaban J connectivity index is 1.17. The summed E-state index contributed by atoms with van der Waals surface area (Å²) in [5.41, 5.74) is 12.9. The molecule has 0 saturated heterocycles.